The van der Waals surface area contributed by atoms with Crippen molar-refractivity contribution in [1.29, 1.82) is 0 Å². The molecule has 1 aliphatic rings. The first kappa shape index (κ1) is 20.1. The summed E-state index contributed by atoms with van der Waals surface area (Å²) in [5.74, 6) is 0.179. The summed E-state index contributed by atoms with van der Waals surface area (Å²) in [4.78, 5) is 25.2. The van der Waals surface area contributed by atoms with Crippen molar-refractivity contribution in [2.75, 3.05) is 5.32 Å². The molecule has 3 rings (SSSR count). The minimum absolute atomic E-state index is 0.00812. The summed E-state index contributed by atoms with van der Waals surface area (Å²) in [5.41, 5.74) is 5.52. The number of hydrogen-bond acceptors (Lipinski definition) is 2. The first-order chi connectivity index (χ1) is 13.5. The highest BCUT2D eigenvalue weighted by Gasteiger charge is 2.30. The van der Waals surface area contributed by atoms with Gasteiger partial charge in [-0.05, 0) is 74.8 Å². The SMILES string of the molecule is Cc1ccccc1CNC(=O)C1CCC(C(=O)Nc2cccc(C)c2C)CC1. The summed E-state index contributed by atoms with van der Waals surface area (Å²) in [6, 6.07) is 14.1. The van der Waals surface area contributed by atoms with Crippen LogP contribution in [0.15, 0.2) is 42.5 Å². The molecule has 0 aromatic heterocycles. The van der Waals surface area contributed by atoms with Crippen LogP contribution in [0.2, 0.25) is 0 Å². The molecule has 4 nitrogen and oxygen atoms in total. The van der Waals surface area contributed by atoms with E-state index >= 15 is 0 Å². The van der Waals surface area contributed by atoms with Gasteiger partial charge in [0.2, 0.25) is 11.8 Å². The van der Waals surface area contributed by atoms with E-state index in [1.807, 2.05) is 50.2 Å². The van der Waals surface area contributed by atoms with Crippen LogP contribution in [0.25, 0.3) is 0 Å². The summed E-state index contributed by atoms with van der Waals surface area (Å²) in [6.07, 6.45) is 3.06. The Bertz CT molecular complexity index is 851. The lowest BCUT2D eigenvalue weighted by Gasteiger charge is -2.27. The molecule has 0 atom stereocenters. The Kier molecular flexibility index (Phi) is 6.50. The minimum Gasteiger partial charge on any atom is -0.352 e. The highest BCUT2D eigenvalue weighted by molar-refractivity contribution is 5.93. The van der Waals surface area contributed by atoms with E-state index in [1.165, 1.54) is 11.1 Å². The van der Waals surface area contributed by atoms with Gasteiger partial charge in [0, 0.05) is 24.1 Å². The maximum Gasteiger partial charge on any atom is 0.227 e. The number of rotatable bonds is 5. The van der Waals surface area contributed by atoms with Gasteiger partial charge in [-0.1, -0.05) is 36.4 Å². The van der Waals surface area contributed by atoms with E-state index in [1.54, 1.807) is 0 Å². The molecule has 0 spiro atoms. The maximum atomic E-state index is 12.6. The number of carbonyl (C=O) groups is 2. The monoisotopic (exact) mass is 378 g/mol. The molecule has 1 saturated carbocycles. The van der Waals surface area contributed by atoms with Gasteiger partial charge in [0.25, 0.3) is 0 Å². The fraction of sp³-hybridized carbons (Fsp3) is 0.417. The van der Waals surface area contributed by atoms with Crippen molar-refractivity contribution in [3.8, 4) is 0 Å². The lowest BCUT2D eigenvalue weighted by atomic mass is 9.81. The molecule has 148 valence electrons. The van der Waals surface area contributed by atoms with Crippen molar-refractivity contribution in [3.63, 3.8) is 0 Å². The summed E-state index contributed by atoms with van der Waals surface area (Å²) in [7, 11) is 0. The first-order valence-electron chi connectivity index (χ1n) is 10.1. The van der Waals surface area contributed by atoms with E-state index in [0.717, 1.165) is 42.5 Å². The van der Waals surface area contributed by atoms with Gasteiger partial charge in [-0.25, -0.2) is 0 Å². The van der Waals surface area contributed by atoms with Gasteiger partial charge < -0.3 is 10.6 Å². The van der Waals surface area contributed by atoms with Crippen molar-refractivity contribution >= 4 is 17.5 Å². The fourth-order valence-electron chi connectivity index (χ4n) is 3.87. The average Bonchev–Trinajstić information content (AvgIpc) is 2.70. The van der Waals surface area contributed by atoms with Crippen molar-refractivity contribution in [2.45, 2.75) is 53.0 Å². The predicted molar refractivity (Wildman–Crippen MR) is 113 cm³/mol. The van der Waals surface area contributed by atoms with Crippen LogP contribution in [0.3, 0.4) is 0 Å². The van der Waals surface area contributed by atoms with E-state index in [0.29, 0.717) is 6.54 Å². The van der Waals surface area contributed by atoms with Crippen LogP contribution in [0, 0.1) is 32.6 Å². The Morgan fingerprint density at radius 3 is 2.11 bits per heavy atom. The Labute approximate surface area is 167 Å². The molecule has 1 aliphatic carbocycles. The Morgan fingerprint density at radius 2 is 1.43 bits per heavy atom. The summed E-state index contributed by atoms with van der Waals surface area (Å²) in [5, 5.41) is 6.15. The molecule has 0 unspecified atom stereocenters. The van der Waals surface area contributed by atoms with Crippen LogP contribution in [0.4, 0.5) is 5.69 Å². The van der Waals surface area contributed by atoms with E-state index < -0.39 is 0 Å². The number of hydrogen-bond donors (Lipinski definition) is 2. The van der Waals surface area contributed by atoms with Crippen molar-refractivity contribution in [3.05, 3.63) is 64.7 Å². The summed E-state index contributed by atoms with van der Waals surface area (Å²) < 4.78 is 0. The third-order valence-electron chi connectivity index (χ3n) is 6.05. The molecule has 28 heavy (non-hydrogen) atoms. The molecule has 2 N–H and O–H groups in total. The van der Waals surface area contributed by atoms with E-state index in [9.17, 15) is 9.59 Å². The zero-order chi connectivity index (χ0) is 20.1. The fourth-order valence-corrected chi connectivity index (χ4v) is 3.87. The van der Waals surface area contributed by atoms with Crippen LogP contribution in [-0.4, -0.2) is 11.8 Å². The minimum atomic E-state index is -0.0136. The van der Waals surface area contributed by atoms with Gasteiger partial charge >= 0.3 is 0 Å². The van der Waals surface area contributed by atoms with Gasteiger partial charge in [0.1, 0.15) is 0 Å². The van der Waals surface area contributed by atoms with E-state index in [4.69, 9.17) is 0 Å². The molecule has 0 heterocycles. The number of aryl methyl sites for hydroxylation is 2. The quantitative estimate of drug-likeness (QED) is 0.794. The van der Waals surface area contributed by atoms with Crippen LogP contribution in [0.5, 0.6) is 0 Å². The molecule has 4 heteroatoms. The summed E-state index contributed by atoms with van der Waals surface area (Å²) in [6.45, 7) is 6.70. The number of amides is 2. The molecule has 2 amide bonds. The Morgan fingerprint density at radius 1 is 0.821 bits per heavy atom. The third-order valence-corrected chi connectivity index (χ3v) is 6.05. The molecule has 0 aliphatic heterocycles. The topological polar surface area (TPSA) is 58.2 Å². The number of benzene rings is 2. The third kappa shape index (κ3) is 4.80. The van der Waals surface area contributed by atoms with E-state index in [-0.39, 0.29) is 23.7 Å². The molecular weight excluding hydrogens is 348 g/mol. The summed E-state index contributed by atoms with van der Waals surface area (Å²) >= 11 is 0. The second-order valence-electron chi connectivity index (χ2n) is 7.93. The molecular formula is C24H30N2O2. The normalized spacial score (nSPS) is 19.1. The zero-order valence-corrected chi connectivity index (χ0v) is 17.0. The lowest BCUT2D eigenvalue weighted by Crippen LogP contribution is -2.35. The van der Waals surface area contributed by atoms with E-state index in [2.05, 4.69) is 23.6 Å². The number of nitrogens with one attached hydrogen (secondary N) is 2. The van der Waals surface area contributed by atoms with Gasteiger partial charge in [0.05, 0.1) is 0 Å². The van der Waals surface area contributed by atoms with Gasteiger partial charge in [-0.2, -0.15) is 0 Å². The lowest BCUT2D eigenvalue weighted by molar-refractivity contribution is -0.128. The van der Waals surface area contributed by atoms with Crippen molar-refractivity contribution < 1.29 is 9.59 Å². The first-order valence-corrected chi connectivity index (χ1v) is 10.1. The van der Waals surface area contributed by atoms with Crippen LogP contribution < -0.4 is 10.6 Å². The molecule has 2 aromatic carbocycles. The van der Waals surface area contributed by atoms with Gasteiger partial charge in [-0.3, -0.25) is 9.59 Å². The van der Waals surface area contributed by atoms with Crippen LogP contribution in [-0.2, 0) is 16.1 Å². The standard InChI is InChI=1S/C24H30N2O2/c1-16-8-6-10-22(18(16)3)26-24(28)20-13-11-19(12-14-20)23(27)25-15-21-9-5-4-7-17(21)2/h4-10,19-20H,11-15H2,1-3H3,(H,25,27)(H,26,28). The van der Waals surface area contributed by atoms with Crippen molar-refractivity contribution in [1.82, 2.24) is 5.32 Å². The molecule has 2 aromatic rings. The Hall–Kier alpha value is -2.62. The second kappa shape index (κ2) is 9.05. The number of carbonyl (C=O) groups excluding carboxylic acids is 2. The van der Waals surface area contributed by atoms with Gasteiger partial charge in [-0.15, -0.1) is 0 Å². The predicted octanol–water partition coefficient (Wildman–Crippen LogP) is 4.67. The van der Waals surface area contributed by atoms with Crippen molar-refractivity contribution in [2.24, 2.45) is 11.8 Å². The Balaban J connectivity index is 1.48. The largest absolute Gasteiger partial charge is 0.352 e. The molecule has 0 bridgehead atoms. The highest BCUT2D eigenvalue weighted by atomic mass is 16.2. The molecule has 1 fully saturated rings. The number of anilines is 1. The average molecular weight is 379 g/mol. The maximum absolute atomic E-state index is 12.6. The molecule has 0 saturated heterocycles. The highest BCUT2D eigenvalue weighted by Crippen LogP contribution is 2.30. The van der Waals surface area contributed by atoms with Crippen LogP contribution in [0.1, 0.15) is 47.9 Å². The zero-order valence-electron chi connectivity index (χ0n) is 17.0. The smallest absolute Gasteiger partial charge is 0.227 e. The van der Waals surface area contributed by atoms with Crippen LogP contribution >= 0.6 is 0 Å². The second-order valence-corrected chi connectivity index (χ2v) is 7.93. The van der Waals surface area contributed by atoms with Gasteiger partial charge in [0.15, 0.2) is 0 Å². The molecule has 0 radical (unpaired) electrons.